The van der Waals surface area contributed by atoms with Crippen molar-refractivity contribution in [1.29, 1.82) is 0 Å². The Morgan fingerprint density at radius 2 is 2.23 bits per heavy atom. The minimum atomic E-state index is -1.28. The van der Waals surface area contributed by atoms with Crippen LogP contribution >= 0.6 is 0 Å². The molecule has 3 atom stereocenters. The van der Waals surface area contributed by atoms with Gasteiger partial charge in [-0.15, -0.1) is 0 Å². The first-order valence-electron chi connectivity index (χ1n) is 4.37. The second-order valence-electron chi connectivity index (χ2n) is 3.46. The average Bonchev–Trinajstić information content (AvgIpc) is 2.45. The van der Waals surface area contributed by atoms with Gasteiger partial charge >= 0.3 is 5.97 Å². The molecule has 1 N–H and O–H groups in total. The van der Waals surface area contributed by atoms with Crippen LogP contribution in [0, 0.1) is 11.8 Å². The molecule has 13 heavy (non-hydrogen) atoms. The first-order chi connectivity index (χ1) is 6.07. The molecule has 0 spiro atoms. The maximum Gasteiger partial charge on any atom is 0.335 e. The number of esters is 1. The van der Waals surface area contributed by atoms with Crippen LogP contribution in [0.15, 0.2) is 0 Å². The van der Waals surface area contributed by atoms with Crippen molar-refractivity contribution in [2.45, 2.75) is 25.9 Å². The molecule has 1 aliphatic rings. The summed E-state index contributed by atoms with van der Waals surface area (Å²) in [5.74, 6) is -1.34. The summed E-state index contributed by atoms with van der Waals surface area (Å²) in [7, 11) is 1.20. The molecule has 4 heteroatoms. The van der Waals surface area contributed by atoms with E-state index < -0.39 is 18.0 Å². The van der Waals surface area contributed by atoms with Gasteiger partial charge in [-0.2, -0.15) is 0 Å². The number of methoxy groups -OCH3 is 1. The third kappa shape index (κ3) is 1.88. The van der Waals surface area contributed by atoms with E-state index in [0.717, 1.165) is 6.42 Å². The number of Topliss-reactive ketones (excluding diaryl/α,β-unsaturated/α-hetero) is 1. The summed E-state index contributed by atoms with van der Waals surface area (Å²) >= 11 is 0. The summed E-state index contributed by atoms with van der Waals surface area (Å²) in [5.41, 5.74) is 0. The molecule has 0 unspecified atom stereocenters. The van der Waals surface area contributed by atoms with E-state index in [2.05, 4.69) is 4.74 Å². The van der Waals surface area contributed by atoms with Crippen molar-refractivity contribution >= 4 is 11.8 Å². The van der Waals surface area contributed by atoms with Crippen LogP contribution in [0.3, 0.4) is 0 Å². The fourth-order valence-electron chi connectivity index (χ4n) is 1.68. The molecule has 4 nitrogen and oxygen atoms in total. The van der Waals surface area contributed by atoms with Gasteiger partial charge in [-0.3, -0.25) is 4.79 Å². The Morgan fingerprint density at radius 1 is 1.62 bits per heavy atom. The second kappa shape index (κ2) is 3.87. The molecule has 0 saturated heterocycles. The Labute approximate surface area is 76.9 Å². The highest BCUT2D eigenvalue weighted by Gasteiger charge is 2.39. The lowest BCUT2D eigenvalue weighted by Crippen LogP contribution is -2.33. The number of carbonyl (C=O) groups is 2. The molecule has 1 rings (SSSR count). The molecule has 0 aliphatic heterocycles. The zero-order valence-electron chi connectivity index (χ0n) is 7.82. The number of hydrogen-bond acceptors (Lipinski definition) is 4. The molecule has 0 aromatic rings. The maximum atomic E-state index is 11.4. The number of ether oxygens (including phenoxy) is 1. The molecule has 1 fully saturated rings. The molecule has 0 aromatic carbocycles. The highest BCUT2D eigenvalue weighted by molar-refractivity contribution is 5.90. The monoisotopic (exact) mass is 186 g/mol. The van der Waals surface area contributed by atoms with Crippen LogP contribution in [0.1, 0.15) is 19.8 Å². The number of carbonyl (C=O) groups excluding carboxylic acids is 2. The smallest absolute Gasteiger partial charge is 0.335 e. The van der Waals surface area contributed by atoms with Crippen LogP contribution in [-0.4, -0.2) is 30.1 Å². The van der Waals surface area contributed by atoms with Gasteiger partial charge in [0.1, 0.15) is 5.78 Å². The Hall–Kier alpha value is -0.900. The number of aliphatic hydroxyl groups is 1. The van der Waals surface area contributed by atoms with Crippen molar-refractivity contribution in [2.75, 3.05) is 7.11 Å². The summed E-state index contributed by atoms with van der Waals surface area (Å²) in [6.07, 6.45) is 0.0517. The lowest BCUT2D eigenvalue weighted by molar-refractivity contribution is -0.155. The van der Waals surface area contributed by atoms with Crippen LogP contribution in [0.2, 0.25) is 0 Å². The zero-order chi connectivity index (χ0) is 10.0. The van der Waals surface area contributed by atoms with Crippen LogP contribution in [0.4, 0.5) is 0 Å². The summed E-state index contributed by atoms with van der Waals surface area (Å²) in [6.45, 7) is 1.81. The molecule has 0 bridgehead atoms. The van der Waals surface area contributed by atoms with Crippen molar-refractivity contribution in [2.24, 2.45) is 11.8 Å². The molecule has 0 radical (unpaired) electrons. The molecular weight excluding hydrogens is 172 g/mol. The van der Waals surface area contributed by atoms with Crippen molar-refractivity contribution in [3.05, 3.63) is 0 Å². The third-order valence-electron chi connectivity index (χ3n) is 2.59. The first kappa shape index (κ1) is 10.2. The third-order valence-corrected chi connectivity index (χ3v) is 2.59. The van der Waals surface area contributed by atoms with Gasteiger partial charge in [0.05, 0.1) is 13.0 Å². The largest absolute Gasteiger partial charge is 0.467 e. The Morgan fingerprint density at radius 3 is 2.62 bits per heavy atom. The predicted molar refractivity (Wildman–Crippen MR) is 44.9 cm³/mol. The molecule has 0 heterocycles. The van der Waals surface area contributed by atoms with E-state index in [9.17, 15) is 14.7 Å². The SMILES string of the molecule is COC(=O)[C@@H](O)[C@@H]1CC[C@@H](C)C1=O. The molecule has 0 aromatic heterocycles. The van der Waals surface area contributed by atoms with Gasteiger partial charge in [0, 0.05) is 5.92 Å². The minimum absolute atomic E-state index is 0.0297. The quantitative estimate of drug-likeness (QED) is 0.623. The minimum Gasteiger partial charge on any atom is -0.467 e. The van der Waals surface area contributed by atoms with Gasteiger partial charge in [-0.05, 0) is 12.8 Å². The summed E-state index contributed by atoms with van der Waals surface area (Å²) in [6, 6.07) is 0. The highest BCUT2D eigenvalue weighted by atomic mass is 16.5. The summed E-state index contributed by atoms with van der Waals surface area (Å²) < 4.78 is 4.37. The fraction of sp³-hybridized carbons (Fsp3) is 0.778. The first-order valence-corrected chi connectivity index (χ1v) is 4.37. The Bertz CT molecular complexity index is 224. The van der Waals surface area contributed by atoms with Gasteiger partial charge < -0.3 is 9.84 Å². The van der Waals surface area contributed by atoms with Gasteiger partial charge in [-0.1, -0.05) is 6.92 Å². The van der Waals surface area contributed by atoms with E-state index in [1.807, 2.05) is 6.92 Å². The molecule has 1 aliphatic carbocycles. The lowest BCUT2D eigenvalue weighted by atomic mass is 9.98. The summed E-state index contributed by atoms with van der Waals surface area (Å²) in [5, 5.41) is 9.41. The van der Waals surface area contributed by atoms with Crippen LogP contribution < -0.4 is 0 Å². The van der Waals surface area contributed by atoms with Gasteiger partial charge in [0.25, 0.3) is 0 Å². The molecule has 74 valence electrons. The lowest BCUT2D eigenvalue weighted by Gasteiger charge is -2.13. The average molecular weight is 186 g/mol. The van der Waals surface area contributed by atoms with Crippen molar-refractivity contribution < 1.29 is 19.4 Å². The van der Waals surface area contributed by atoms with Crippen LogP contribution in [-0.2, 0) is 14.3 Å². The maximum absolute atomic E-state index is 11.4. The second-order valence-corrected chi connectivity index (χ2v) is 3.46. The Balaban J connectivity index is 2.63. The normalized spacial score (nSPS) is 30.2. The van der Waals surface area contributed by atoms with E-state index in [4.69, 9.17) is 0 Å². The zero-order valence-corrected chi connectivity index (χ0v) is 7.82. The van der Waals surface area contributed by atoms with E-state index in [1.54, 1.807) is 0 Å². The van der Waals surface area contributed by atoms with Crippen molar-refractivity contribution in [3.8, 4) is 0 Å². The Kier molecular flexibility index (Phi) is 3.03. The van der Waals surface area contributed by atoms with Crippen LogP contribution in [0.25, 0.3) is 0 Å². The van der Waals surface area contributed by atoms with Crippen LogP contribution in [0.5, 0.6) is 0 Å². The molecule has 1 saturated carbocycles. The van der Waals surface area contributed by atoms with Crippen molar-refractivity contribution in [1.82, 2.24) is 0 Å². The standard InChI is InChI=1S/C9H14O4/c1-5-3-4-6(7(5)10)8(11)9(12)13-2/h5-6,8,11H,3-4H2,1-2H3/t5-,6-,8+/m1/s1. The van der Waals surface area contributed by atoms with Gasteiger partial charge in [0.15, 0.2) is 6.10 Å². The number of hydrogen-bond donors (Lipinski definition) is 1. The van der Waals surface area contributed by atoms with E-state index in [0.29, 0.717) is 6.42 Å². The summed E-state index contributed by atoms with van der Waals surface area (Å²) in [4.78, 5) is 22.3. The number of aliphatic hydroxyl groups excluding tert-OH is 1. The van der Waals surface area contributed by atoms with E-state index in [-0.39, 0.29) is 11.7 Å². The van der Waals surface area contributed by atoms with Gasteiger partial charge in [0.2, 0.25) is 0 Å². The van der Waals surface area contributed by atoms with Gasteiger partial charge in [-0.25, -0.2) is 4.79 Å². The predicted octanol–water partition coefficient (Wildman–Crippen LogP) is 0.135. The van der Waals surface area contributed by atoms with E-state index >= 15 is 0 Å². The molecule has 0 amide bonds. The van der Waals surface area contributed by atoms with E-state index in [1.165, 1.54) is 7.11 Å². The number of ketones is 1. The fourth-order valence-corrected chi connectivity index (χ4v) is 1.68. The molecular formula is C9H14O4. The van der Waals surface area contributed by atoms with Crippen molar-refractivity contribution in [3.63, 3.8) is 0 Å². The highest BCUT2D eigenvalue weighted by Crippen LogP contribution is 2.29. The topological polar surface area (TPSA) is 63.6 Å². The number of rotatable bonds is 2.